The Balaban J connectivity index is 2.94. The molecular weight excluding hydrogens is 502 g/mol. The van der Waals surface area contributed by atoms with Gasteiger partial charge in [-0.05, 0) is 37.2 Å². The van der Waals surface area contributed by atoms with E-state index in [2.05, 4.69) is 30.9 Å². The zero-order valence-corrected chi connectivity index (χ0v) is 22.2. The summed E-state index contributed by atoms with van der Waals surface area (Å²) in [7, 11) is 0. The van der Waals surface area contributed by atoms with Gasteiger partial charge in [0, 0.05) is 24.9 Å². The van der Waals surface area contributed by atoms with Crippen LogP contribution in [0.1, 0.15) is 38.8 Å². The van der Waals surface area contributed by atoms with Crippen LogP contribution in [0.4, 0.5) is 0 Å². The van der Waals surface area contributed by atoms with Crippen LogP contribution in [0.15, 0.2) is 17.5 Å². The molecule has 15 heteroatoms. The predicted molar refractivity (Wildman–Crippen MR) is 141 cm³/mol. The van der Waals surface area contributed by atoms with Gasteiger partial charge in [0.25, 0.3) is 0 Å². The number of rotatable bonds is 17. The summed E-state index contributed by atoms with van der Waals surface area (Å²) in [4.78, 5) is 61.0. The lowest BCUT2D eigenvalue weighted by molar-refractivity contribution is -0.142. The number of imidazole rings is 1. The predicted octanol–water partition coefficient (Wildman–Crippen LogP) is -1.72. The molecule has 0 aliphatic heterocycles. The molecule has 4 unspecified atom stereocenters. The maximum Gasteiger partial charge on any atom is 0.326 e. The number of carbonyl (C=O) groups excluding carboxylic acids is 3. The van der Waals surface area contributed by atoms with E-state index in [9.17, 15) is 24.3 Å². The number of carboxylic acids is 1. The number of nitrogens with two attached hydrogens (primary N) is 3. The Morgan fingerprint density at radius 3 is 2.30 bits per heavy atom. The van der Waals surface area contributed by atoms with Crippen molar-refractivity contribution in [2.45, 2.75) is 63.7 Å². The van der Waals surface area contributed by atoms with E-state index in [0.29, 0.717) is 17.9 Å². The third-order valence-corrected chi connectivity index (χ3v) is 6.03. The van der Waals surface area contributed by atoms with Crippen molar-refractivity contribution >= 4 is 41.4 Å². The molecule has 4 atom stereocenters. The molecule has 1 rings (SSSR count). The fraction of sp³-hybridized carbons (Fsp3) is 0.636. The van der Waals surface area contributed by atoms with Gasteiger partial charge in [0.2, 0.25) is 17.7 Å². The van der Waals surface area contributed by atoms with Crippen molar-refractivity contribution in [3.05, 3.63) is 18.2 Å². The van der Waals surface area contributed by atoms with Gasteiger partial charge in [0.15, 0.2) is 5.96 Å². The number of aromatic nitrogens is 2. The molecular formula is C22H39N9O5S. The first-order valence-electron chi connectivity index (χ1n) is 11.9. The van der Waals surface area contributed by atoms with Gasteiger partial charge in [0.1, 0.15) is 18.1 Å². The van der Waals surface area contributed by atoms with Gasteiger partial charge in [-0.1, -0.05) is 13.8 Å². The molecule has 3 amide bonds. The summed E-state index contributed by atoms with van der Waals surface area (Å²) in [5.41, 5.74) is 17.3. The Hall–Kier alpha value is -3.33. The van der Waals surface area contributed by atoms with Crippen LogP contribution in [0, 0.1) is 5.92 Å². The molecule has 0 fully saturated rings. The standard InChI is InChI=1S/C22H39N9O5S/c1-12(2)17(31-18(32)14(23)9-13-10-26-11-28-13)20(34)29-15(5-4-7-27-22(24)25)19(33)30-16(21(35)36)6-8-37-3/h10-12,14-17H,4-9,23H2,1-3H3,(H,26,28)(H,29,34)(H,30,33)(H,31,32)(H,35,36)(H4,24,25,27). The lowest BCUT2D eigenvalue weighted by Crippen LogP contribution is -2.58. The van der Waals surface area contributed by atoms with Crippen molar-refractivity contribution in [2.24, 2.45) is 28.1 Å². The number of amides is 3. The molecule has 0 saturated heterocycles. The monoisotopic (exact) mass is 541 g/mol. The van der Waals surface area contributed by atoms with Crippen LogP contribution in [0.3, 0.4) is 0 Å². The van der Waals surface area contributed by atoms with Gasteiger partial charge >= 0.3 is 5.97 Å². The zero-order chi connectivity index (χ0) is 28.0. The Kier molecular flexibility index (Phi) is 14.1. The molecule has 0 aliphatic rings. The Bertz CT molecular complexity index is 906. The zero-order valence-electron chi connectivity index (χ0n) is 21.4. The van der Waals surface area contributed by atoms with E-state index in [1.165, 1.54) is 18.1 Å². The molecule has 11 N–H and O–H groups in total. The fourth-order valence-corrected chi connectivity index (χ4v) is 3.79. The Morgan fingerprint density at radius 2 is 1.76 bits per heavy atom. The van der Waals surface area contributed by atoms with Crippen molar-refractivity contribution in [3.63, 3.8) is 0 Å². The van der Waals surface area contributed by atoms with E-state index < -0.39 is 47.9 Å². The largest absolute Gasteiger partial charge is 0.480 e. The second-order valence-electron chi connectivity index (χ2n) is 8.81. The first kappa shape index (κ1) is 31.7. The number of H-pyrrole nitrogens is 1. The van der Waals surface area contributed by atoms with E-state index in [1.807, 2.05) is 6.26 Å². The Morgan fingerprint density at radius 1 is 1.08 bits per heavy atom. The quantitative estimate of drug-likeness (QED) is 0.0629. The SMILES string of the molecule is CSCCC(NC(=O)C(CCCN=C(N)N)NC(=O)C(NC(=O)C(N)Cc1cnc[nH]1)C(C)C)C(=O)O. The number of guanidine groups is 1. The molecule has 0 spiro atoms. The van der Waals surface area contributed by atoms with E-state index in [-0.39, 0.29) is 37.7 Å². The van der Waals surface area contributed by atoms with Crippen LogP contribution in [-0.4, -0.2) is 87.4 Å². The number of hydrogen-bond acceptors (Lipinski definition) is 8. The number of aliphatic carboxylic acids is 1. The van der Waals surface area contributed by atoms with Gasteiger partial charge in [-0.15, -0.1) is 0 Å². The number of carboxylic acid groups (broad SMARTS) is 1. The normalized spacial score (nSPS) is 14.2. The number of nitrogens with one attached hydrogen (secondary N) is 4. The summed E-state index contributed by atoms with van der Waals surface area (Å²) in [5.74, 6) is -2.89. The van der Waals surface area contributed by atoms with Gasteiger partial charge in [0.05, 0.1) is 12.4 Å². The third-order valence-electron chi connectivity index (χ3n) is 5.38. The summed E-state index contributed by atoms with van der Waals surface area (Å²) < 4.78 is 0. The molecule has 0 aromatic carbocycles. The van der Waals surface area contributed by atoms with E-state index in [1.54, 1.807) is 20.0 Å². The minimum absolute atomic E-state index is 0.109. The van der Waals surface area contributed by atoms with Gasteiger partial charge in [-0.25, -0.2) is 9.78 Å². The third kappa shape index (κ3) is 12.0. The highest BCUT2D eigenvalue weighted by molar-refractivity contribution is 7.98. The van der Waals surface area contributed by atoms with Gasteiger partial charge in [-0.2, -0.15) is 11.8 Å². The summed E-state index contributed by atoms with van der Waals surface area (Å²) in [5, 5.41) is 17.3. The first-order valence-corrected chi connectivity index (χ1v) is 13.3. The van der Waals surface area contributed by atoms with Crippen molar-refractivity contribution in [1.29, 1.82) is 0 Å². The summed E-state index contributed by atoms with van der Waals surface area (Å²) in [6.07, 6.45) is 5.74. The molecule has 0 aliphatic carbocycles. The second kappa shape index (κ2) is 16.4. The highest BCUT2D eigenvalue weighted by Crippen LogP contribution is 2.08. The number of hydrogen-bond donors (Lipinski definition) is 8. The molecule has 37 heavy (non-hydrogen) atoms. The smallest absolute Gasteiger partial charge is 0.326 e. The topological polar surface area (TPSA) is 244 Å². The van der Waals surface area contributed by atoms with Crippen LogP contribution in [0.25, 0.3) is 0 Å². The summed E-state index contributed by atoms with van der Waals surface area (Å²) in [6.45, 7) is 3.69. The lowest BCUT2D eigenvalue weighted by atomic mass is 10.0. The number of thioether (sulfide) groups is 1. The lowest BCUT2D eigenvalue weighted by Gasteiger charge is -2.27. The maximum absolute atomic E-state index is 13.2. The Labute approximate surface area is 220 Å². The van der Waals surface area contributed by atoms with Crippen LogP contribution < -0.4 is 33.2 Å². The van der Waals surface area contributed by atoms with Crippen molar-refractivity contribution in [2.75, 3.05) is 18.6 Å². The molecule has 14 nitrogen and oxygen atoms in total. The number of aliphatic imine (C=N–C) groups is 1. The van der Waals surface area contributed by atoms with Gasteiger partial charge < -0.3 is 43.2 Å². The molecule has 1 heterocycles. The van der Waals surface area contributed by atoms with Crippen molar-refractivity contribution in [3.8, 4) is 0 Å². The molecule has 0 radical (unpaired) electrons. The minimum atomic E-state index is -1.17. The van der Waals surface area contributed by atoms with Crippen molar-refractivity contribution < 1.29 is 24.3 Å². The van der Waals surface area contributed by atoms with Crippen LogP contribution >= 0.6 is 11.8 Å². The van der Waals surface area contributed by atoms with Crippen LogP contribution in [0.2, 0.25) is 0 Å². The first-order chi connectivity index (χ1) is 17.5. The fourth-order valence-electron chi connectivity index (χ4n) is 3.32. The number of aromatic amines is 1. The van der Waals surface area contributed by atoms with Crippen molar-refractivity contribution in [1.82, 2.24) is 25.9 Å². The van der Waals surface area contributed by atoms with E-state index in [4.69, 9.17) is 17.2 Å². The number of carbonyl (C=O) groups is 4. The molecule has 0 saturated carbocycles. The average molecular weight is 542 g/mol. The van der Waals surface area contributed by atoms with E-state index >= 15 is 0 Å². The highest BCUT2D eigenvalue weighted by atomic mass is 32.2. The second-order valence-corrected chi connectivity index (χ2v) is 9.79. The molecule has 1 aromatic heterocycles. The highest BCUT2D eigenvalue weighted by Gasteiger charge is 2.31. The summed E-state index contributed by atoms with van der Waals surface area (Å²) in [6, 6.07) is -4.10. The average Bonchev–Trinajstić information content (AvgIpc) is 3.33. The molecule has 0 bridgehead atoms. The molecule has 1 aromatic rings. The van der Waals surface area contributed by atoms with E-state index in [0.717, 1.165) is 0 Å². The molecule has 208 valence electrons. The minimum Gasteiger partial charge on any atom is -0.480 e. The van der Waals surface area contributed by atoms with Gasteiger partial charge in [-0.3, -0.25) is 19.4 Å². The summed E-state index contributed by atoms with van der Waals surface area (Å²) >= 11 is 1.45. The number of nitrogens with zero attached hydrogens (tertiary/aromatic N) is 2. The maximum atomic E-state index is 13.2. The van der Waals surface area contributed by atoms with Crippen LogP contribution in [-0.2, 0) is 25.6 Å². The van der Waals surface area contributed by atoms with Crippen LogP contribution in [0.5, 0.6) is 0 Å².